The molecule has 0 aliphatic carbocycles. The van der Waals surface area contributed by atoms with Crippen molar-refractivity contribution in [2.75, 3.05) is 13.1 Å². The summed E-state index contributed by atoms with van der Waals surface area (Å²) in [4.78, 5) is 20.5. The Bertz CT molecular complexity index is 801. The molecular formula is C20H28ClN3O. The van der Waals surface area contributed by atoms with Crippen molar-refractivity contribution in [3.05, 3.63) is 39.4 Å². The third-order valence-electron chi connectivity index (χ3n) is 5.25. The van der Waals surface area contributed by atoms with E-state index in [1.54, 1.807) is 6.07 Å². The fourth-order valence-electron chi connectivity index (χ4n) is 4.03. The van der Waals surface area contributed by atoms with E-state index in [4.69, 9.17) is 16.6 Å². The maximum absolute atomic E-state index is 13.0. The number of hydrogen-bond donors (Lipinski definition) is 0. The molecule has 0 unspecified atom stereocenters. The van der Waals surface area contributed by atoms with Crippen molar-refractivity contribution in [2.45, 2.75) is 59.0 Å². The predicted octanol–water partition coefficient (Wildman–Crippen LogP) is 4.64. The highest BCUT2D eigenvalue weighted by Crippen LogP contribution is 2.30. The van der Waals surface area contributed by atoms with Crippen LogP contribution < -0.4 is 5.56 Å². The van der Waals surface area contributed by atoms with Gasteiger partial charge in [-0.25, -0.2) is 4.98 Å². The highest BCUT2D eigenvalue weighted by molar-refractivity contribution is 6.31. The van der Waals surface area contributed by atoms with E-state index in [1.807, 2.05) is 23.6 Å². The van der Waals surface area contributed by atoms with E-state index in [0.29, 0.717) is 22.9 Å². The highest BCUT2D eigenvalue weighted by Gasteiger charge is 2.28. The van der Waals surface area contributed by atoms with Crippen molar-refractivity contribution in [1.29, 1.82) is 0 Å². The highest BCUT2D eigenvalue weighted by atomic mass is 35.5. The Labute approximate surface area is 154 Å². The molecule has 0 saturated carbocycles. The number of fused-ring (bicyclic) bond motifs is 1. The van der Waals surface area contributed by atoms with Crippen LogP contribution in [-0.2, 0) is 6.54 Å². The molecule has 1 fully saturated rings. The number of hydrogen-bond acceptors (Lipinski definition) is 3. The van der Waals surface area contributed by atoms with Gasteiger partial charge in [0.05, 0.1) is 16.9 Å². The molecule has 3 rings (SSSR count). The Morgan fingerprint density at radius 2 is 2.16 bits per heavy atom. The van der Waals surface area contributed by atoms with Gasteiger partial charge in [-0.1, -0.05) is 31.9 Å². The Balaban J connectivity index is 2.13. The fraction of sp³-hybridized carbons (Fsp3) is 0.600. The zero-order valence-corrected chi connectivity index (χ0v) is 16.2. The molecule has 5 heteroatoms. The second-order valence-electron chi connectivity index (χ2n) is 7.23. The summed E-state index contributed by atoms with van der Waals surface area (Å²) in [6.07, 6.45) is 4.62. The number of rotatable bonds is 5. The molecular weight excluding hydrogens is 334 g/mol. The molecule has 1 aromatic heterocycles. The van der Waals surface area contributed by atoms with Crippen LogP contribution >= 0.6 is 11.6 Å². The van der Waals surface area contributed by atoms with E-state index in [2.05, 4.69) is 18.7 Å². The van der Waals surface area contributed by atoms with Gasteiger partial charge in [-0.05, 0) is 56.8 Å². The van der Waals surface area contributed by atoms with Crippen LogP contribution in [0.5, 0.6) is 0 Å². The van der Waals surface area contributed by atoms with Crippen molar-refractivity contribution in [3.63, 3.8) is 0 Å². The maximum Gasteiger partial charge on any atom is 0.261 e. The molecule has 0 spiro atoms. The lowest BCUT2D eigenvalue weighted by molar-refractivity contribution is 0.115. The average molecular weight is 362 g/mol. The van der Waals surface area contributed by atoms with Crippen LogP contribution in [0, 0.1) is 5.92 Å². The number of halogens is 1. The Hall–Kier alpha value is -1.39. The minimum absolute atomic E-state index is 0.0242. The Morgan fingerprint density at radius 3 is 2.84 bits per heavy atom. The largest absolute Gasteiger partial charge is 0.295 e. The van der Waals surface area contributed by atoms with E-state index in [-0.39, 0.29) is 11.6 Å². The lowest BCUT2D eigenvalue weighted by Gasteiger charge is -2.37. The fourth-order valence-corrected chi connectivity index (χ4v) is 4.20. The summed E-state index contributed by atoms with van der Waals surface area (Å²) in [5.74, 6) is 1.62. The second-order valence-corrected chi connectivity index (χ2v) is 7.66. The first kappa shape index (κ1) is 18.4. The molecule has 1 aromatic carbocycles. The van der Waals surface area contributed by atoms with Gasteiger partial charge in [-0.15, -0.1) is 0 Å². The normalized spacial score (nSPS) is 20.1. The SMILES string of the molecule is CCC[C@H](c1nc2ccc(Cl)cc2c(=O)n1CC)N1CCC[C@H](C)C1. The van der Waals surface area contributed by atoms with E-state index in [9.17, 15) is 4.79 Å². The van der Waals surface area contributed by atoms with Crippen LogP contribution in [0.3, 0.4) is 0 Å². The summed E-state index contributed by atoms with van der Waals surface area (Å²) in [5, 5.41) is 1.19. The van der Waals surface area contributed by atoms with Crippen LogP contribution in [0.1, 0.15) is 58.3 Å². The minimum Gasteiger partial charge on any atom is -0.295 e. The van der Waals surface area contributed by atoms with E-state index in [1.165, 1.54) is 12.8 Å². The van der Waals surface area contributed by atoms with Gasteiger partial charge in [-0.3, -0.25) is 14.3 Å². The first-order valence-corrected chi connectivity index (χ1v) is 9.87. The number of likely N-dealkylation sites (tertiary alicyclic amines) is 1. The van der Waals surface area contributed by atoms with Gasteiger partial charge in [-0.2, -0.15) is 0 Å². The van der Waals surface area contributed by atoms with E-state index >= 15 is 0 Å². The first-order chi connectivity index (χ1) is 12.0. The molecule has 0 N–H and O–H groups in total. The summed E-state index contributed by atoms with van der Waals surface area (Å²) in [5.41, 5.74) is 0.774. The third kappa shape index (κ3) is 3.75. The predicted molar refractivity (Wildman–Crippen MR) is 104 cm³/mol. The van der Waals surface area contributed by atoms with Crippen LogP contribution in [-0.4, -0.2) is 27.5 Å². The zero-order valence-electron chi connectivity index (χ0n) is 15.5. The topological polar surface area (TPSA) is 38.1 Å². The van der Waals surface area contributed by atoms with Crippen molar-refractivity contribution in [2.24, 2.45) is 5.92 Å². The van der Waals surface area contributed by atoms with E-state index in [0.717, 1.165) is 37.3 Å². The van der Waals surface area contributed by atoms with Crippen molar-refractivity contribution >= 4 is 22.5 Å². The molecule has 1 saturated heterocycles. The summed E-state index contributed by atoms with van der Waals surface area (Å²) in [6, 6.07) is 5.62. The second kappa shape index (κ2) is 7.88. The van der Waals surface area contributed by atoms with Crippen LogP contribution in [0.4, 0.5) is 0 Å². The number of nitrogens with zero attached hydrogens (tertiary/aromatic N) is 3. The minimum atomic E-state index is 0.0242. The molecule has 0 radical (unpaired) electrons. The van der Waals surface area contributed by atoms with Gasteiger partial charge >= 0.3 is 0 Å². The molecule has 25 heavy (non-hydrogen) atoms. The van der Waals surface area contributed by atoms with Crippen LogP contribution in [0.25, 0.3) is 10.9 Å². The molecule has 1 aliphatic heterocycles. The van der Waals surface area contributed by atoms with Gasteiger partial charge in [0.25, 0.3) is 5.56 Å². The van der Waals surface area contributed by atoms with Gasteiger partial charge in [0, 0.05) is 18.1 Å². The van der Waals surface area contributed by atoms with Gasteiger partial charge in [0.2, 0.25) is 0 Å². The molecule has 0 bridgehead atoms. The Kier molecular flexibility index (Phi) is 5.80. The summed E-state index contributed by atoms with van der Waals surface area (Å²) < 4.78 is 1.85. The summed E-state index contributed by atoms with van der Waals surface area (Å²) >= 11 is 6.09. The standard InChI is InChI=1S/C20H28ClN3O/c1-4-7-18(23-11-6-8-14(3)13-23)19-22-17-10-9-15(21)12-16(17)20(25)24(19)5-2/h9-10,12,14,18H,4-8,11,13H2,1-3H3/t14-,18+/m0/s1. The van der Waals surface area contributed by atoms with Crippen LogP contribution in [0.2, 0.25) is 5.02 Å². The lowest BCUT2D eigenvalue weighted by atomic mass is 9.97. The number of benzene rings is 1. The molecule has 1 aliphatic rings. The molecule has 136 valence electrons. The summed E-state index contributed by atoms with van der Waals surface area (Å²) in [6.45, 7) is 9.35. The molecule has 0 amide bonds. The molecule has 2 atom stereocenters. The number of piperidine rings is 1. The quantitative estimate of drug-likeness (QED) is 0.778. The van der Waals surface area contributed by atoms with Gasteiger partial charge < -0.3 is 0 Å². The first-order valence-electron chi connectivity index (χ1n) is 9.49. The van der Waals surface area contributed by atoms with Crippen LogP contribution in [0.15, 0.2) is 23.0 Å². The third-order valence-corrected chi connectivity index (χ3v) is 5.49. The average Bonchev–Trinajstić information content (AvgIpc) is 2.60. The Morgan fingerprint density at radius 1 is 1.36 bits per heavy atom. The van der Waals surface area contributed by atoms with Crippen molar-refractivity contribution in [3.8, 4) is 0 Å². The molecule has 2 heterocycles. The monoisotopic (exact) mass is 361 g/mol. The zero-order chi connectivity index (χ0) is 18.0. The van der Waals surface area contributed by atoms with Crippen molar-refractivity contribution < 1.29 is 0 Å². The molecule has 2 aromatic rings. The van der Waals surface area contributed by atoms with Crippen molar-refractivity contribution in [1.82, 2.24) is 14.5 Å². The van der Waals surface area contributed by atoms with Gasteiger partial charge in [0.15, 0.2) is 0 Å². The smallest absolute Gasteiger partial charge is 0.261 e. The van der Waals surface area contributed by atoms with E-state index < -0.39 is 0 Å². The van der Waals surface area contributed by atoms with Gasteiger partial charge in [0.1, 0.15) is 5.82 Å². The maximum atomic E-state index is 13.0. The lowest BCUT2D eigenvalue weighted by Crippen LogP contribution is -2.40. The summed E-state index contributed by atoms with van der Waals surface area (Å²) in [7, 11) is 0. The molecule has 4 nitrogen and oxygen atoms in total. The number of aromatic nitrogens is 2.